The molecule has 24 heavy (non-hydrogen) atoms. The van der Waals surface area contributed by atoms with Gasteiger partial charge in [0.2, 0.25) is 5.95 Å². The fourth-order valence-corrected chi connectivity index (χ4v) is 2.40. The Morgan fingerprint density at radius 1 is 0.958 bits per heavy atom. The van der Waals surface area contributed by atoms with E-state index in [1.165, 1.54) is 0 Å². The first-order valence-corrected chi connectivity index (χ1v) is 7.62. The molecule has 1 aromatic heterocycles. The second-order valence-electron chi connectivity index (χ2n) is 5.47. The summed E-state index contributed by atoms with van der Waals surface area (Å²) in [6.07, 6.45) is 0.803. The Morgan fingerprint density at radius 2 is 1.75 bits per heavy atom. The molecule has 3 aromatic rings. The van der Waals surface area contributed by atoms with E-state index in [1.54, 1.807) is 12.1 Å². The summed E-state index contributed by atoms with van der Waals surface area (Å²) in [5.41, 5.74) is 15.0. The Balaban J connectivity index is 1.71. The van der Waals surface area contributed by atoms with Crippen molar-refractivity contribution in [3.05, 3.63) is 60.2 Å². The van der Waals surface area contributed by atoms with Crippen LogP contribution in [0.4, 0.5) is 17.5 Å². The third kappa shape index (κ3) is 3.92. The Hall–Kier alpha value is -3.28. The SMILES string of the molecule is Nc1cccc(-c2cc(NCCc3ccc(O)cc3)nc(N)n2)c1. The number of nitrogens with one attached hydrogen (secondary N) is 1. The van der Waals surface area contributed by atoms with Crippen LogP contribution in [0.25, 0.3) is 11.3 Å². The molecule has 0 aliphatic rings. The third-order valence-corrected chi connectivity index (χ3v) is 3.58. The quantitative estimate of drug-likeness (QED) is 0.538. The zero-order chi connectivity index (χ0) is 16.9. The molecule has 122 valence electrons. The molecule has 0 radical (unpaired) electrons. The van der Waals surface area contributed by atoms with E-state index in [9.17, 15) is 5.11 Å². The van der Waals surface area contributed by atoms with Crippen LogP contribution < -0.4 is 16.8 Å². The van der Waals surface area contributed by atoms with Gasteiger partial charge in [-0.1, -0.05) is 24.3 Å². The molecule has 6 nitrogen and oxygen atoms in total. The standard InChI is InChI=1S/C18H19N5O/c19-14-3-1-2-13(10-14)16-11-17(23-18(20)22-16)21-9-8-12-4-6-15(24)7-5-12/h1-7,10-11,24H,8-9,19H2,(H3,20,21,22,23). The molecule has 1 heterocycles. The summed E-state index contributed by atoms with van der Waals surface area (Å²) in [5.74, 6) is 1.14. The number of nitrogen functional groups attached to an aromatic ring is 2. The van der Waals surface area contributed by atoms with E-state index in [4.69, 9.17) is 11.5 Å². The maximum atomic E-state index is 9.29. The molecule has 0 aliphatic carbocycles. The molecule has 0 amide bonds. The van der Waals surface area contributed by atoms with Crippen molar-refractivity contribution in [1.29, 1.82) is 0 Å². The van der Waals surface area contributed by atoms with E-state index in [0.717, 1.165) is 23.2 Å². The lowest BCUT2D eigenvalue weighted by molar-refractivity contribution is 0.475. The molecule has 0 atom stereocenters. The number of hydrogen-bond acceptors (Lipinski definition) is 6. The van der Waals surface area contributed by atoms with Crippen molar-refractivity contribution < 1.29 is 5.11 Å². The number of aromatic hydroxyl groups is 1. The van der Waals surface area contributed by atoms with Crippen molar-refractivity contribution in [2.24, 2.45) is 0 Å². The van der Waals surface area contributed by atoms with Crippen molar-refractivity contribution in [3.63, 3.8) is 0 Å². The van der Waals surface area contributed by atoms with Crippen LogP contribution in [-0.2, 0) is 6.42 Å². The van der Waals surface area contributed by atoms with Crippen molar-refractivity contribution in [1.82, 2.24) is 9.97 Å². The molecule has 0 aliphatic heterocycles. The van der Waals surface area contributed by atoms with E-state index in [1.807, 2.05) is 42.5 Å². The van der Waals surface area contributed by atoms with Crippen LogP contribution in [0.5, 0.6) is 5.75 Å². The highest BCUT2D eigenvalue weighted by Gasteiger charge is 2.05. The molecular formula is C18H19N5O. The van der Waals surface area contributed by atoms with E-state index in [2.05, 4.69) is 15.3 Å². The number of nitrogens with two attached hydrogens (primary N) is 2. The number of hydrogen-bond donors (Lipinski definition) is 4. The molecule has 3 rings (SSSR count). The summed E-state index contributed by atoms with van der Waals surface area (Å²) in [5, 5.41) is 12.5. The molecule has 2 aromatic carbocycles. The Bertz CT molecular complexity index is 833. The van der Waals surface area contributed by atoms with E-state index in [0.29, 0.717) is 18.1 Å². The number of phenols is 1. The lowest BCUT2D eigenvalue weighted by Crippen LogP contribution is -2.08. The minimum absolute atomic E-state index is 0.210. The topological polar surface area (TPSA) is 110 Å². The van der Waals surface area contributed by atoms with E-state index >= 15 is 0 Å². The molecule has 0 unspecified atom stereocenters. The van der Waals surface area contributed by atoms with Crippen LogP contribution in [-0.4, -0.2) is 21.6 Å². The van der Waals surface area contributed by atoms with Crippen LogP contribution >= 0.6 is 0 Å². The summed E-state index contributed by atoms with van der Waals surface area (Å²) in [7, 11) is 0. The first kappa shape index (κ1) is 15.6. The molecular weight excluding hydrogens is 302 g/mol. The van der Waals surface area contributed by atoms with Crippen molar-refractivity contribution in [2.75, 3.05) is 23.3 Å². The van der Waals surface area contributed by atoms with Crippen LogP contribution in [0.1, 0.15) is 5.56 Å². The van der Waals surface area contributed by atoms with Gasteiger partial charge in [0.15, 0.2) is 0 Å². The van der Waals surface area contributed by atoms with Gasteiger partial charge in [-0.05, 0) is 36.2 Å². The third-order valence-electron chi connectivity index (χ3n) is 3.58. The highest BCUT2D eigenvalue weighted by molar-refractivity contribution is 5.67. The fourth-order valence-electron chi connectivity index (χ4n) is 2.40. The van der Waals surface area contributed by atoms with Gasteiger partial charge in [-0.25, -0.2) is 4.98 Å². The van der Waals surface area contributed by atoms with E-state index < -0.39 is 0 Å². The van der Waals surface area contributed by atoms with Gasteiger partial charge >= 0.3 is 0 Å². The maximum Gasteiger partial charge on any atom is 0.222 e. The van der Waals surface area contributed by atoms with Gasteiger partial charge in [0.1, 0.15) is 11.6 Å². The number of nitrogens with zero attached hydrogens (tertiary/aromatic N) is 2. The van der Waals surface area contributed by atoms with Crippen molar-refractivity contribution >= 4 is 17.5 Å². The summed E-state index contributed by atoms with van der Waals surface area (Å²) < 4.78 is 0. The van der Waals surface area contributed by atoms with Gasteiger partial charge in [0.05, 0.1) is 5.69 Å². The molecule has 0 saturated carbocycles. The summed E-state index contributed by atoms with van der Waals surface area (Å²) >= 11 is 0. The number of benzene rings is 2. The van der Waals surface area contributed by atoms with Gasteiger partial charge in [-0.2, -0.15) is 4.98 Å². The largest absolute Gasteiger partial charge is 0.508 e. The number of rotatable bonds is 5. The smallest absolute Gasteiger partial charge is 0.222 e. The number of anilines is 3. The van der Waals surface area contributed by atoms with Crippen LogP contribution in [0.15, 0.2) is 54.6 Å². The number of phenolic OH excluding ortho intramolecular Hbond substituents is 1. The zero-order valence-corrected chi connectivity index (χ0v) is 13.1. The van der Waals surface area contributed by atoms with Gasteiger partial charge < -0.3 is 21.9 Å². The Labute approximate surface area is 140 Å². The molecule has 0 saturated heterocycles. The normalized spacial score (nSPS) is 10.5. The average molecular weight is 321 g/mol. The first-order valence-electron chi connectivity index (χ1n) is 7.62. The van der Waals surface area contributed by atoms with E-state index in [-0.39, 0.29) is 11.7 Å². The molecule has 0 spiro atoms. The molecule has 6 heteroatoms. The maximum absolute atomic E-state index is 9.29. The summed E-state index contributed by atoms with van der Waals surface area (Å²) in [6, 6.07) is 16.5. The lowest BCUT2D eigenvalue weighted by Gasteiger charge is -2.09. The minimum atomic E-state index is 0.210. The van der Waals surface area contributed by atoms with Gasteiger partial charge in [0, 0.05) is 23.9 Å². The van der Waals surface area contributed by atoms with Gasteiger partial charge in [-0.15, -0.1) is 0 Å². The monoisotopic (exact) mass is 321 g/mol. The summed E-state index contributed by atoms with van der Waals surface area (Å²) in [4.78, 5) is 8.48. The van der Waals surface area contributed by atoms with Crippen LogP contribution in [0.3, 0.4) is 0 Å². The molecule has 6 N–H and O–H groups in total. The highest BCUT2D eigenvalue weighted by atomic mass is 16.3. The van der Waals surface area contributed by atoms with Gasteiger partial charge in [-0.3, -0.25) is 0 Å². The lowest BCUT2D eigenvalue weighted by atomic mass is 10.1. The predicted octanol–water partition coefficient (Wildman–Crippen LogP) is 2.67. The van der Waals surface area contributed by atoms with Crippen LogP contribution in [0.2, 0.25) is 0 Å². The average Bonchev–Trinajstić information content (AvgIpc) is 2.56. The van der Waals surface area contributed by atoms with Crippen LogP contribution in [0, 0.1) is 0 Å². The second-order valence-corrected chi connectivity index (χ2v) is 5.47. The molecule has 0 fully saturated rings. The minimum Gasteiger partial charge on any atom is -0.508 e. The predicted molar refractivity (Wildman–Crippen MR) is 96.6 cm³/mol. The van der Waals surface area contributed by atoms with Crippen molar-refractivity contribution in [3.8, 4) is 17.0 Å². The Morgan fingerprint density at radius 3 is 2.50 bits per heavy atom. The summed E-state index contributed by atoms with van der Waals surface area (Å²) in [6.45, 7) is 0.692. The highest BCUT2D eigenvalue weighted by Crippen LogP contribution is 2.22. The zero-order valence-electron chi connectivity index (χ0n) is 13.1. The fraction of sp³-hybridized carbons (Fsp3) is 0.111. The van der Waals surface area contributed by atoms with Crippen molar-refractivity contribution in [2.45, 2.75) is 6.42 Å². The molecule has 0 bridgehead atoms. The first-order chi connectivity index (χ1) is 11.6. The Kier molecular flexibility index (Phi) is 4.47. The van der Waals surface area contributed by atoms with Gasteiger partial charge in [0.25, 0.3) is 0 Å². The second kappa shape index (κ2) is 6.87. The number of aromatic nitrogens is 2.